The molecule has 0 bridgehead atoms. The van der Waals surface area contributed by atoms with Gasteiger partial charge in [0.05, 0.1) is 18.1 Å². The summed E-state index contributed by atoms with van der Waals surface area (Å²) in [5.41, 5.74) is 0.676. The van der Waals surface area contributed by atoms with Gasteiger partial charge in [0.2, 0.25) is 0 Å². The maximum atomic E-state index is 13.4. The minimum absolute atomic E-state index is 0.0287. The van der Waals surface area contributed by atoms with Gasteiger partial charge in [0.25, 0.3) is 0 Å². The Morgan fingerprint density at radius 1 is 1.43 bits per heavy atom. The highest BCUT2D eigenvalue weighted by Crippen LogP contribution is 2.24. The van der Waals surface area contributed by atoms with E-state index in [0.717, 1.165) is 0 Å². The average Bonchev–Trinajstić information content (AvgIpc) is 2.77. The third kappa shape index (κ3) is 4.94. The molecule has 1 aromatic carbocycles. The smallest absolute Gasteiger partial charge is 0.154 e. The van der Waals surface area contributed by atoms with E-state index in [-0.39, 0.29) is 23.4 Å². The lowest BCUT2D eigenvalue weighted by atomic mass is 10.2. The summed E-state index contributed by atoms with van der Waals surface area (Å²) in [7, 11) is -1.38. The maximum Gasteiger partial charge on any atom is 0.154 e. The van der Waals surface area contributed by atoms with Gasteiger partial charge in [0.15, 0.2) is 9.84 Å². The second-order valence-corrected chi connectivity index (χ2v) is 7.29. The summed E-state index contributed by atoms with van der Waals surface area (Å²) in [6, 6.07) is 4.27. The van der Waals surface area contributed by atoms with Gasteiger partial charge in [-0.2, -0.15) is 0 Å². The van der Waals surface area contributed by atoms with Crippen LogP contribution in [-0.4, -0.2) is 46.3 Å². The van der Waals surface area contributed by atoms with Gasteiger partial charge in [-0.25, -0.2) is 12.8 Å². The molecule has 1 atom stereocenters. The SMILES string of the molecule is COCCNCc1cc(F)ccc1OC1CCS(=O)(=O)C1. The first kappa shape index (κ1) is 16.2. The fraction of sp³-hybridized carbons (Fsp3) is 0.571. The van der Waals surface area contributed by atoms with Crippen molar-refractivity contribution in [3.05, 3.63) is 29.6 Å². The van der Waals surface area contributed by atoms with Crippen LogP contribution in [0.3, 0.4) is 0 Å². The van der Waals surface area contributed by atoms with E-state index in [1.165, 1.54) is 12.1 Å². The van der Waals surface area contributed by atoms with Crippen molar-refractivity contribution in [1.82, 2.24) is 5.32 Å². The molecular weight excluding hydrogens is 297 g/mol. The number of methoxy groups -OCH3 is 1. The standard InChI is InChI=1S/C14H20FNO4S/c1-19-6-5-16-9-11-8-12(15)2-3-14(11)20-13-4-7-21(17,18)10-13/h2-3,8,13,16H,4-7,9-10H2,1H3. The molecule has 1 saturated heterocycles. The molecule has 1 aromatic rings. The van der Waals surface area contributed by atoms with E-state index in [4.69, 9.17) is 9.47 Å². The maximum absolute atomic E-state index is 13.4. The lowest BCUT2D eigenvalue weighted by molar-refractivity contribution is 0.198. The molecule has 118 valence electrons. The van der Waals surface area contributed by atoms with Crippen molar-refractivity contribution < 1.29 is 22.3 Å². The molecule has 21 heavy (non-hydrogen) atoms. The Labute approximate surface area is 124 Å². The third-order valence-electron chi connectivity index (χ3n) is 3.31. The predicted molar refractivity (Wildman–Crippen MR) is 77.7 cm³/mol. The van der Waals surface area contributed by atoms with E-state index in [1.807, 2.05) is 0 Å². The average molecular weight is 317 g/mol. The van der Waals surface area contributed by atoms with Gasteiger partial charge in [0.1, 0.15) is 17.7 Å². The molecule has 0 radical (unpaired) electrons. The number of hydrogen-bond acceptors (Lipinski definition) is 5. The largest absolute Gasteiger partial charge is 0.489 e. The van der Waals surface area contributed by atoms with Crippen LogP contribution in [0.2, 0.25) is 0 Å². The van der Waals surface area contributed by atoms with Crippen LogP contribution in [0.25, 0.3) is 0 Å². The number of nitrogens with one attached hydrogen (secondary N) is 1. The molecule has 7 heteroatoms. The monoisotopic (exact) mass is 317 g/mol. The van der Waals surface area contributed by atoms with Gasteiger partial charge < -0.3 is 14.8 Å². The van der Waals surface area contributed by atoms with Gasteiger partial charge in [-0.1, -0.05) is 0 Å². The second-order valence-electron chi connectivity index (χ2n) is 5.06. The highest BCUT2D eigenvalue weighted by Gasteiger charge is 2.29. The van der Waals surface area contributed by atoms with Crippen LogP contribution in [0, 0.1) is 5.82 Å². The zero-order valence-corrected chi connectivity index (χ0v) is 12.8. The number of halogens is 1. The lowest BCUT2D eigenvalue weighted by Crippen LogP contribution is -2.21. The molecular formula is C14H20FNO4S. The molecule has 0 amide bonds. The normalized spacial score (nSPS) is 20.6. The number of benzene rings is 1. The van der Waals surface area contributed by atoms with Crippen molar-refractivity contribution in [2.75, 3.05) is 31.8 Å². The molecule has 1 aliphatic rings. The zero-order valence-electron chi connectivity index (χ0n) is 12.0. The zero-order chi connectivity index (χ0) is 15.3. The minimum Gasteiger partial charge on any atom is -0.489 e. The quantitative estimate of drug-likeness (QED) is 0.764. The van der Waals surface area contributed by atoms with Gasteiger partial charge in [-0.3, -0.25) is 0 Å². The molecule has 0 aliphatic carbocycles. The van der Waals surface area contributed by atoms with Crippen molar-refractivity contribution in [2.45, 2.75) is 19.1 Å². The van der Waals surface area contributed by atoms with E-state index in [2.05, 4.69) is 5.32 Å². The first-order valence-electron chi connectivity index (χ1n) is 6.85. The highest BCUT2D eigenvalue weighted by atomic mass is 32.2. The van der Waals surface area contributed by atoms with Gasteiger partial charge in [-0.15, -0.1) is 0 Å². The van der Waals surface area contributed by atoms with Gasteiger partial charge in [0, 0.05) is 25.8 Å². The summed E-state index contributed by atoms with van der Waals surface area (Å²) in [5.74, 6) is 0.370. The van der Waals surface area contributed by atoms with Crippen molar-refractivity contribution in [3.8, 4) is 5.75 Å². The lowest BCUT2D eigenvalue weighted by Gasteiger charge is -2.16. The van der Waals surface area contributed by atoms with Gasteiger partial charge >= 0.3 is 0 Å². The van der Waals surface area contributed by atoms with Crippen LogP contribution < -0.4 is 10.1 Å². The molecule has 2 rings (SSSR count). The van der Waals surface area contributed by atoms with Crippen molar-refractivity contribution in [3.63, 3.8) is 0 Å². The Bertz CT molecular complexity index is 576. The fourth-order valence-electron chi connectivity index (χ4n) is 2.23. The molecule has 1 fully saturated rings. The van der Waals surface area contributed by atoms with Crippen LogP contribution in [0.15, 0.2) is 18.2 Å². The summed E-state index contributed by atoms with van der Waals surface area (Å²) < 4.78 is 46.9. The molecule has 5 nitrogen and oxygen atoms in total. The topological polar surface area (TPSA) is 64.6 Å². The Morgan fingerprint density at radius 3 is 2.90 bits per heavy atom. The summed E-state index contributed by atoms with van der Waals surface area (Å²) in [6.45, 7) is 1.65. The number of hydrogen-bond donors (Lipinski definition) is 1. The van der Waals surface area contributed by atoms with Crippen molar-refractivity contribution >= 4 is 9.84 Å². The molecule has 0 saturated carbocycles. The Morgan fingerprint density at radius 2 is 2.24 bits per heavy atom. The van der Waals surface area contributed by atoms with Crippen LogP contribution >= 0.6 is 0 Å². The Balaban J connectivity index is 2.01. The van der Waals surface area contributed by atoms with Gasteiger partial charge in [-0.05, 0) is 24.6 Å². The van der Waals surface area contributed by atoms with E-state index in [1.54, 1.807) is 13.2 Å². The number of rotatable bonds is 7. The third-order valence-corrected chi connectivity index (χ3v) is 5.04. The summed E-state index contributed by atoms with van der Waals surface area (Å²) in [6.07, 6.45) is 0.133. The van der Waals surface area contributed by atoms with E-state index in [0.29, 0.717) is 37.4 Å². The molecule has 0 aromatic heterocycles. The summed E-state index contributed by atoms with van der Waals surface area (Å²) >= 11 is 0. The first-order chi connectivity index (χ1) is 10.00. The summed E-state index contributed by atoms with van der Waals surface area (Å²) in [5, 5.41) is 3.12. The number of sulfone groups is 1. The second kappa shape index (κ2) is 7.20. The molecule has 1 N–H and O–H groups in total. The minimum atomic E-state index is -2.99. The highest BCUT2D eigenvalue weighted by molar-refractivity contribution is 7.91. The number of ether oxygens (including phenoxy) is 2. The fourth-order valence-corrected chi connectivity index (χ4v) is 3.82. The predicted octanol–water partition coefficient (Wildman–Crippen LogP) is 1.13. The summed E-state index contributed by atoms with van der Waals surface area (Å²) in [4.78, 5) is 0. The van der Waals surface area contributed by atoms with Crippen molar-refractivity contribution in [2.24, 2.45) is 0 Å². The van der Waals surface area contributed by atoms with Crippen LogP contribution in [0.4, 0.5) is 4.39 Å². The Hall–Kier alpha value is -1.18. The van der Waals surface area contributed by atoms with E-state index in [9.17, 15) is 12.8 Å². The Kier molecular flexibility index (Phi) is 5.55. The van der Waals surface area contributed by atoms with Crippen LogP contribution in [-0.2, 0) is 21.1 Å². The molecule has 0 spiro atoms. The van der Waals surface area contributed by atoms with Crippen LogP contribution in [0.1, 0.15) is 12.0 Å². The first-order valence-corrected chi connectivity index (χ1v) is 8.67. The van der Waals surface area contributed by atoms with E-state index >= 15 is 0 Å². The molecule has 1 aliphatic heterocycles. The van der Waals surface area contributed by atoms with E-state index < -0.39 is 9.84 Å². The molecule has 1 unspecified atom stereocenters. The molecule has 1 heterocycles. The van der Waals surface area contributed by atoms with Crippen molar-refractivity contribution in [1.29, 1.82) is 0 Å². The van der Waals surface area contributed by atoms with Crippen LogP contribution in [0.5, 0.6) is 5.75 Å².